The van der Waals surface area contributed by atoms with Crippen LogP contribution in [0.5, 0.6) is 0 Å². The molecule has 0 saturated heterocycles. The van der Waals surface area contributed by atoms with Crippen molar-refractivity contribution in [3.8, 4) is 44.5 Å². The van der Waals surface area contributed by atoms with Gasteiger partial charge >= 0.3 is 0 Å². The van der Waals surface area contributed by atoms with Gasteiger partial charge < -0.3 is 0 Å². The van der Waals surface area contributed by atoms with E-state index in [-0.39, 0.29) is 0 Å². The molecule has 0 saturated carbocycles. The zero-order chi connectivity index (χ0) is 55.6. The fourth-order valence-corrected chi connectivity index (χ4v) is 17.2. The van der Waals surface area contributed by atoms with Crippen LogP contribution in [0.25, 0.3) is 98.7 Å². The van der Waals surface area contributed by atoms with Crippen molar-refractivity contribution in [1.82, 2.24) is 0 Å². The van der Waals surface area contributed by atoms with E-state index < -0.39 is 25.5 Å². The molecule has 12 aromatic rings. The topological polar surface area (TPSA) is 0 Å². The summed E-state index contributed by atoms with van der Waals surface area (Å²) in [6.45, 7) is 4.98. The van der Waals surface area contributed by atoms with Gasteiger partial charge in [-0.05, 0) is 227 Å². The van der Waals surface area contributed by atoms with Crippen LogP contribution in [0, 0.1) is 0 Å². The minimum atomic E-state index is -0.988. The lowest BCUT2D eigenvalue weighted by molar-refractivity contribution is 0.793. The molecule has 0 aliphatic heterocycles. The number of benzene rings is 12. The summed E-state index contributed by atoms with van der Waals surface area (Å²) < 4.78 is 0. The standard InChI is InChI=1S/C80H64S2/c1-51(56-45-47-75(81(2,3)4)63-32-14-12-28-57(56)63)55-27-11-16-34-65(55)77(52-25-9-8-10-26-52)53-41-43-61-59-30-21-23-39-71(59)80(73(61)49-53)72-40-24-22-31-60(72)62-44-42-54(50-74(62)80)78-66-35-17-19-37-68(66)79(69-38-20-18-36-67(69)78)70-46-48-76(82(5,6)7)64-33-15-13-29-58(64)70/h8-25,27-50H,1,26H2,2-7H3/b77-52-. The van der Waals surface area contributed by atoms with E-state index in [1.165, 1.54) is 147 Å². The molecule has 0 nitrogen and oxygen atoms in total. The van der Waals surface area contributed by atoms with E-state index in [0.717, 1.165) is 17.6 Å². The SMILES string of the molecule is C=C(c1ccccc1/C(=C1/C=CC=CC1)c1ccc2c(c1)C1(c3ccccc3-2)c2ccccc2-c2ccc(-c3c4ccccc4c(-c4ccc(S(C)(C)C)c5ccccc45)c4ccccc34)cc21)c1ccc(S(C)(C)C)c2ccccc12. The van der Waals surface area contributed by atoms with Gasteiger partial charge in [-0.25, -0.2) is 20.1 Å². The summed E-state index contributed by atoms with van der Waals surface area (Å²) in [6.07, 6.45) is 24.2. The van der Waals surface area contributed by atoms with Crippen molar-refractivity contribution in [2.75, 3.05) is 37.5 Å². The molecule has 12 aromatic carbocycles. The summed E-state index contributed by atoms with van der Waals surface area (Å²) in [6, 6.07) is 88.3. The highest BCUT2D eigenvalue weighted by atomic mass is 32.3. The minimum Gasteiger partial charge on any atom is -0.223 e. The number of hydrogen-bond donors (Lipinski definition) is 0. The van der Waals surface area contributed by atoms with Crippen LogP contribution in [0.2, 0.25) is 0 Å². The Morgan fingerprint density at radius 3 is 1.43 bits per heavy atom. The average molecular weight is 1090 g/mol. The second-order valence-corrected chi connectivity index (χ2v) is 32.3. The highest BCUT2D eigenvalue weighted by Gasteiger charge is 2.52. The lowest BCUT2D eigenvalue weighted by Crippen LogP contribution is -2.26. The predicted molar refractivity (Wildman–Crippen MR) is 361 cm³/mol. The van der Waals surface area contributed by atoms with Crippen LogP contribution < -0.4 is 0 Å². The fraction of sp³-hybridized carbons (Fsp3) is 0.100. The van der Waals surface area contributed by atoms with Crippen molar-refractivity contribution in [3.63, 3.8) is 0 Å². The smallest absolute Gasteiger partial charge is 0.0725 e. The number of rotatable bonds is 8. The summed E-state index contributed by atoms with van der Waals surface area (Å²) >= 11 is 0. The first-order valence-electron chi connectivity index (χ1n) is 28.6. The van der Waals surface area contributed by atoms with Crippen molar-refractivity contribution in [2.45, 2.75) is 21.6 Å². The molecule has 0 fully saturated rings. The second kappa shape index (κ2) is 19.0. The van der Waals surface area contributed by atoms with Crippen LogP contribution in [0.4, 0.5) is 0 Å². The monoisotopic (exact) mass is 1090 g/mol. The third kappa shape index (κ3) is 7.54. The van der Waals surface area contributed by atoms with Crippen LogP contribution in [-0.4, -0.2) is 37.5 Å². The van der Waals surface area contributed by atoms with Crippen molar-refractivity contribution in [3.05, 3.63) is 311 Å². The van der Waals surface area contributed by atoms with Gasteiger partial charge in [-0.2, -0.15) is 0 Å². The van der Waals surface area contributed by atoms with E-state index in [4.69, 9.17) is 6.58 Å². The Bertz CT molecular complexity index is 4740. The van der Waals surface area contributed by atoms with Gasteiger partial charge in [0, 0.05) is 0 Å². The molecule has 3 aliphatic carbocycles. The summed E-state index contributed by atoms with van der Waals surface area (Å²) in [5.41, 5.74) is 23.2. The lowest BCUT2D eigenvalue weighted by Gasteiger charge is -2.31. The molecule has 1 unspecified atom stereocenters. The lowest BCUT2D eigenvalue weighted by atomic mass is 9.69. The molecule has 15 rings (SSSR count). The van der Waals surface area contributed by atoms with E-state index in [0.29, 0.717) is 0 Å². The van der Waals surface area contributed by atoms with E-state index in [1.54, 1.807) is 0 Å². The molecule has 1 atom stereocenters. The Hall–Kier alpha value is -8.66. The number of allylic oxidation sites excluding steroid dienone is 5. The van der Waals surface area contributed by atoms with Crippen molar-refractivity contribution in [2.24, 2.45) is 0 Å². The average Bonchev–Trinajstić information content (AvgIpc) is 1.80. The van der Waals surface area contributed by atoms with Crippen molar-refractivity contribution in [1.29, 1.82) is 0 Å². The first-order valence-corrected chi connectivity index (χ1v) is 34.3. The van der Waals surface area contributed by atoms with Crippen LogP contribution in [0.3, 0.4) is 0 Å². The fourth-order valence-electron chi connectivity index (χ4n) is 14.6. The Balaban J connectivity index is 0.956. The predicted octanol–water partition coefficient (Wildman–Crippen LogP) is 21.5. The molecule has 1 spiro atoms. The maximum atomic E-state index is 4.98. The van der Waals surface area contributed by atoms with Gasteiger partial charge in [0.05, 0.1) is 5.41 Å². The van der Waals surface area contributed by atoms with Gasteiger partial charge in [0.15, 0.2) is 0 Å². The molecular formula is C80H64S2. The van der Waals surface area contributed by atoms with E-state index >= 15 is 0 Å². The summed E-state index contributed by atoms with van der Waals surface area (Å²) in [5, 5.41) is 10.3. The van der Waals surface area contributed by atoms with Gasteiger partial charge in [0.1, 0.15) is 0 Å². The maximum Gasteiger partial charge on any atom is 0.0725 e. The molecule has 82 heavy (non-hydrogen) atoms. The van der Waals surface area contributed by atoms with Crippen LogP contribution in [0.1, 0.15) is 50.9 Å². The summed E-state index contributed by atoms with van der Waals surface area (Å²) in [4.78, 5) is 2.88. The Morgan fingerprint density at radius 1 is 0.366 bits per heavy atom. The molecular weight excluding hydrogens is 1030 g/mol. The third-order valence-corrected chi connectivity index (χ3v) is 21.4. The van der Waals surface area contributed by atoms with Crippen LogP contribution >= 0.6 is 20.1 Å². The zero-order valence-electron chi connectivity index (χ0n) is 47.5. The quantitative estimate of drug-likeness (QED) is 0.133. The Morgan fingerprint density at radius 2 is 0.829 bits per heavy atom. The van der Waals surface area contributed by atoms with E-state index in [2.05, 4.69) is 292 Å². The minimum absolute atomic E-state index is 0.595. The zero-order valence-corrected chi connectivity index (χ0v) is 49.1. The summed E-state index contributed by atoms with van der Waals surface area (Å²) in [7, 11) is -1.98. The molecule has 2 heteroatoms. The Labute approximate surface area is 486 Å². The first-order chi connectivity index (χ1) is 39.9. The van der Waals surface area contributed by atoms with Gasteiger partial charge in [-0.15, -0.1) is 0 Å². The van der Waals surface area contributed by atoms with Crippen LogP contribution in [0.15, 0.2) is 277 Å². The van der Waals surface area contributed by atoms with Gasteiger partial charge in [-0.1, -0.05) is 237 Å². The van der Waals surface area contributed by atoms with E-state index in [9.17, 15) is 0 Å². The molecule has 0 amide bonds. The largest absolute Gasteiger partial charge is 0.223 e. The van der Waals surface area contributed by atoms with Crippen molar-refractivity contribution < 1.29 is 0 Å². The molecule has 0 bridgehead atoms. The molecule has 0 aromatic heterocycles. The molecule has 0 radical (unpaired) electrons. The number of hydrogen-bond acceptors (Lipinski definition) is 0. The molecule has 396 valence electrons. The first kappa shape index (κ1) is 50.3. The molecule has 0 N–H and O–H groups in total. The number of fused-ring (bicyclic) bond motifs is 14. The van der Waals surface area contributed by atoms with Crippen LogP contribution in [-0.2, 0) is 5.41 Å². The Kier molecular flexibility index (Phi) is 11.6. The third-order valence-electron chi connectivity index (χ3n) is 18.0. The van der Waals surface area contributed by atoms with Gasteiger partial charge in [0.25, 0.3) is 0 Å². The normalized spacial score (nSPS) is 16.2. The summed E-state index contributed by atoms with van der Waals surface area (Å²) in [5.74, 6) is 0. The molecule has 3 aliphatic rings. The van der Waals surface area contributed by atoms with Crippen molar-refractivity contribution >= 4 is 74.3 Å². The maximum absolute atomic E-state index is 4.98. The molecule has 0 heterocycles. The second-order valence-electron chi connectivity index (χ2n) is 24.1. The highest BCUT2D eigenvalue weighted by Crippen LogP contribution is 2.64. The highest BCUT2D eigenvalue weighted by molar-refractivity contribution is 8.32. The van der Waals surface area contributed by atoms with Gasteiger partial charge in [-0.3, -0.25) is 0 Å². The van der Waals surface area contributed by atoms with E-state index in [1.807, 2.05) is 0 Å². The van der Waals surface area contributed by atoms with Gasteiger partial charge in [0.2, 0.25) is 0 Å².